The Bertz CT molecular complexity index is 149. The van der Waals surface area contributed by atoms with Crippen molar-refractivity contribution in [2.24, 2.45) is 5.73 Å². The van der Waals surface area contributed by atoms with Gasteiger partial charge in [0.25, 0.3) is 0 Å². The Morgan fingerprint density at radius 2 is 2.36 bits per heavy atom. The molecule has 2 atom stereocenters. The van der Waals surface area contributed by atoms with Crippen molar-refractivity contribution in [3.63, 3.8) is 0 Å². The fourth-order valence-electron chi connectivity index (χ4n) is 0.714. The van der Waals surface area contributed by atoms with Crippen LogP contribution in [0.5, 0.6) is 0 Å². The number of hydrogen-bond donors (Lipinski definition) is 3. The van der Waals surface area contributed by atoms with E-state index in [-0.39, 0.29) is 6.42 Å². The van der Waals surface area contributed by atoms with E-state index in [1.807, 2.05) is 0 Å². The van der Waals surface area contributed by atoms with Crippen molar-refractivity contribution in [1.29, 1.82) is 0 Å². The van der Waals surface area contributed by atoms with E-state index in [0.29, 0.717) is 6.29 Å². The molecule has 0 rings (SSSR count). The van der Waals surface area contributed by atoms with Crippen LogP contribution in [0, 0.1) is 0 Å². The van der Waals surface area contributed by atoms with Crippen LogP contribution in [0.3, 0.4) is 0 Å². The van der Waals surface area contributed by atoms with Crippen LogP contribution in [0.4, 0.5) is 0 Å². The van der Waals surface area contributed by atoms with E-state index in [2.05, 4.69) is 5.32 Å². The molecule has 0 saturated heterocycles. The molecule has 0 aromatic carbocycles. The molecule has 0 saturated carbocycles. The lowest BCUT2D eigenvalue weighted by molar-refractivity contribution is -0.137. The first-order valence-electron chi connectivity index (χ1n) is 3.21. The fraction of sp³-hybridized carbons (Fsp3) is 0.667. The van der Waals surface area contributed by atoms with E-state index in [9.17, 15) is 9.59 Å². The largest absolute Gasteiger partial charge is 0.481 e. The summed E-state index contributed by atoms with van der Waals surface area (Å²) in [5.74, 6) is -0.971. The van der Waals surface area contributed by atoms with Gasteiger partial charge in [0, 0.05) is 6.04 Å². The number of likely N-dealkylation sites (N-methyl/N-ethyl adjacent to an activating group) is 1. The van der Waals surface area contributed by atoms with E-state index in [1.54, 1.807) is 7.05 Å². The van der Waals surface area contributed by atoms with Crippen LogP contribution in [0.15, 0.2) is 0 Å². The topological polar surface area (TPSA) is 92.4 Å². The number of carboxylic acid groups (broad SMARTS) is 1. The summed E-state index contributed by atoms with van der Waals surface area (Å²) >= 11 is 0. The predicted octanol–water partition coefficient (Wildman–Crippen LogP) is -1.42. The average molecular weight is 160 g/mol. The van der Waals surface area contributed by atoms with Crippen LogP contribution in [-0.4, -0.2) is 36.5 Å². The number of nitrogens with one attached hydrogen (secondary N) is 1. The van der Waals surface area contributed by atoms with Crippen LogP contribution in [0.25, 0.3) is 0 Å². The Balaban J connectivity index is 3.93. The highest BCUT2D eigenvalue weighted by Crippen LogP contribution is 1.93. The number of rotatable bonds is 5. The molecule has 0 aliphatic heterocycles. The number of aliphatic carboxylic acids is 1. The molecule has 11 heavy (non-hydrogen) atoms. The average Bonchev–Trinajstić information content (AvgIpc) is 1.98. The number of nitrogens with two attached hydrogens (primary N) is 1. The van der Waals surface area contributed by atoms with E-state index in [4.69, 9.17) is 10.8 Å². The van der Waals surface area contributed by atoms with Gasteiger partial charge in [-0.15, -0.1) is 0 Å². The monoisotopic (exact) mass is 160 g/mol. The molecule has 0 spiro atoms. The summed E-state index contributed by atoms with van der Waals surface area (Å²) in [7, 11) is 1.57. The molecule has 0 radical (unpaired) electrons. The van der Waals surface area contributed by atoms with Gasteiger partial charge in [0.2, 0.25) is 0 Å². The minimum atomic E-state index is -0.971. The third kappa shape index (κ3) is 3.69. The first-order valence-corrected chi connectivity index (χ1v) is 3.21. The van der Waals surface area contributed by atoms with Crippen molar-refractivity contribution < 1.29 is 14.7 Å². The van der Waals surface area contributed by atoms with E-state index >= 15 is 0 Å². The summed E-state index contributed by atoms with van der Waals surface area (Å²) in [5, 5.41) is 11.0. The van der Waals surface area contributed by atoms with E-state index < -0.39 is 18.1 Å². The van der Waals surface area contributed by atoms with Gasteiger partial charge in [-0.1, -0.05) is 0 Å². The predicted molar refractivity (Wildman–Crippen MR) is 39.1 cm³/mol. The summed E-state index contributed by atoms with van der Waals surface area (Å²) in [6, 6.07) is -1.24. The minimum absolute atomic E-state index is 0.142. The van der Waals surface area contributed by atoms with Crippen molar-refractivity contribution >= 4 is 12.3 Å². The Labute approximate surface area is 64.6 Å². The first kappa shape index (κ1) is 10.1. The highest BCUT2D eigenvalue weighted by atomic mass is 16.4. The zero-order valence-corrected chi connectivity index (χ0v) is 6.28. The van der Waals surface area contributed by atoms with Crippen molar-refractivity contribution in [3.05, 3.63) is 0 Å². The Hall–Kier alpha value is -0.940. The lowest BCUT2D eigenvalue weighted by Crippen LogP contribution is -2.45. The Kier molecular flexibility index (Phi) is 4.40. The van der Waals surface area contributed by atoms with Crippen molar-refractivity contribution in [1.82, 2.24) is 5.32 Å². The maximum atomic E-state index is 10.2. The van der Waals surface area contributed by atoms with Crippen LogP contribution in [0.1, 0.15) is 6.42 Å². The summed E-state index contributed by atoms with van der Waals surface area (Å²) in [6.45, 7) is 0. The van der Waals surface area contributed by atoms with Gasteiger partial charge < -0.3 is 21.0 Å². The van der Waals surface area contributed by atoms with Crippen LogP contribution in [0.2, 0.25) is 0 Å². The van der Waals surface area contributed by atoms with Gasteiger partial charge in [-0.25, -0.2) is 0 Å². The number of carbonyl (C=O) groups excluding carboxylic acids is 1. The molecule has 0 bridgehead atoms. The number of carbonyl (C=O) groups is 2. The third-order valence-corrected chi connectivity index (χ3v) is 1.39. The van der Waals surface area contributed by atoms with Gasteiger partial charge in [0.05, 0.1) is 12.5 Å². The van der Waals surface area contributed by atoms with Gasteiger partial charge in [0.1, 0.15) is 6.29 Å². The Morgan fingerprint density at radius 3 is 2.64 bits per heavy atom. The van der Waals surface area contributed by atoms with Crippen LogP contribution >= 0.6 is 0 Å². The normalized spacial score (nSPS) is 15.5. The fourth-order valence-corrected chi connectivity index (χ4v) is 0.714. The van der Waals surface area contributed by atoms with Crippen molar-refractivity contribution in [2.45, 2.75) is 18.5 Å². The molecule has 4 N–H and O–H groups in total. The highest BCUT2D eigenvalue weighted by molar-refractivity contribution is 5.69. The third-order valence-electron chi connectivity index (χ3n) is 1.39. The molecular weight excluding hydrogens is 148 g/mol. The number of carboxylic acids is 1. The van der Waals surface area contributed by atoms with Gasteiger partial charge >= 0.3 is 5.97 Å². The molecule has 0 fully saturated rings. The highest BCUT2D eigenvalue weighted by Gasteiger charge is 2.17. The second-order valence-electron chi connectivity index (χ2n) is 2.21. The molecule has 0 amide bonds. The SMILES string of the molecule is CNC(CC(=O)O)[C@@H](N)C=O. The van der Waals surface area contributed by atoms with E-state index in [1.165, 1.54) is 0 Å². The molecule has 64 valence electrons. The van der Waals surface area contributed by atoms with Gasteiger partial charge in [-0.2, -0.15) is 0 Å². The van der Waals surface area contributed by atoms with Crippen LogP contribution < -0.4 is 11.1 Å². The maximum Gasteiger partial charge on any atom is 0.305 e. The number of aldehydes is 1. The van der Waals surface area contributed by atoms with Crippen molar-refractivity contribution in [3.8, 4) is 0 Å². The first-order chi connectivity index (χ1) is 5.11. The number of hydrogen-bond acceptors (Lipinski definition) is 4. The molecule has 1 unspecified atom stereocenters. The second kappa shape index (κ2) is 4.81. The maximum absolute atomic E-state index is 10.2. The van der Waals surface area contributed by atoms with Crippen LogP contribution in [-0.2, 0) is 9.59 Å². The summed E-state index contributed by atoms with van der Waals surface area (Å²) in [6.07, 6.45) is 0.389. The molecule has 5 heteroatoms. The quantitative estimate of drug-likeness (QED) is 0.429. The van der Waals surface area contributed by atoms with Crippen molar-refractivity contribution in [2.75, 3.05) is 7.05 Å². The molecular formula is C6H12N2O3. The molecule has 0 aromatic heterocycles. The zero-order chi connectivity index (χ0) is 8.85. The lowest BCUT2D eigenvalue weighted by atomic mass is 10.1. The summed E-state index contributed by atoms with van der Waals surface area (Å²) < 4.78 is 0. The van der Waals surface area contributed by atoms with Gasteiger partial charge in [-0.05, 0) is 7.05 Å². The standard InChI is InChI=1S/C6H12N2O3/c1-8-5(2-6(10)11)4(7)3-9/h3-5,8H,2,7H2,1H3,(H,10,11)/t4-,5?/m0/s1. The van der Waals surface area contributed by atoms with Gasteiger partial charge in [0.15, 0.2) is 0 Å². The van der Waals surface area contributed by atoms with E-state index in [0.717, 1.165) is 0 Å². The minimum Gasteiger partial charge on any atom is -0.481 e. The molecule has 0 aliphatic carbocycles. The molecule has 0 aromatic rings. The smallest absolute Gasteiger partial charge is 0.305 e. The summed E-state index contributed by atoms with van der Waals surface area (Å²) in [4.78, 5) is 20.3. The lowest BCUT2D eigenvalue weighted by Gasteiger charge is -2.15. The zero-order valence-electron chi connectivity index (χ0n) is 6.28. The molecule has 0 heterocycles. The second-order valence-corrected chi connectivity index (χ2v) is 2.21. The Morgan fingerprint density at radius 1 is 1.82 bits per heavy atom. The molecule has 5 nitrogen and oxygen atoms in total. The van der Waals surface area contributed by atoms with Gasteiger partial charge in [-0.3, -0.25) is 4.79 Å². The molecule has 0 aliphatic rings. The summed E-state index contributed by atoms with van der Waals surface area (Å²) in [5.41, 5.74) is 5.28.